The van der Waals surface area contributed by atoms with E-state index in [1.165, 1.54) is 37.7 Å². The zero-order valence-corrected chi connectivity index (χ0v) is 10.2. The molecule has 2 nitrogen and oxygen atoms in total. The Morgan fingerprint density at radius 2 is 2.12 bits per heavy atom. The third kappa shape index (κ3) is 2.88. The molecule has 1 aliphatic carbocycles. The summed E-state index contributed by atoms with van der Waals surface area (Å²) in [6, 6.07) is 2.34. The fourth-order valence-electron chi connectivity index (χ4n) is 2.87. The van der Waals surface area contributed by atoms with Crippen LogP contribution in [0.3, 0.4) is 0 Å². The Morgan fingerprint density at radius 1 is 1.38 bits per heavy atom. The summed E-state index contributed by atoms with van der Waals surface area (Å²) in [4.78, 5) is 0. The quantitative estimate of drug-likeness (QED) is 0.846. The molecule has 0 saturated heterocycles. The first-order valence-electron chi connectivity index (χ1n) is 6.56. The summed E-state index contributed by atoms with van der Waals surface area (Å²) in [5, 5.41) is 0. The minimum Gasteiger partial charge on any atom is -0.472 e. The molecule has 2 N–H and O–H groups in total. The van der Waals surface area contributed by atoms with Gasteiger partial charge in [0.1, 0.15) is 0 Å². The van der Waals surface area contributed by atoms with Crippen LogP contribution >= 0.6 is 0 Å². The van der Waals surface area contributed by atoms with E-state index in [9.17, 15) is 0 Å². The molecule has 2 rings (SSSR count). The predicted octanol–water partition coefficient (Wildman–Crippen LogP) is 3.37. The van der Waals surface area contributed by atoms with Gasteiger partial charge in [0.25, 0.3) is 0 Å². The van der Waals surface area contributed by atoms with Gasteiger partial charge in [0.05, 0.1) is 12.5 Å². The van der Waals surface area contributed by atoms with E-state index in [0.29, 0.717) is 6.04 Å². The normalized spacial score (nSPS) is 27.9. The van der Waals surface area contributed by atoms with Crippen molar-refractivity contribution in [3.63, 3.8) is 0 Å². The van der Waals surface area contributed by atoms with Crippen molar-refractivity contribution < 1.29 is 4.42 Å². The molecule has 0 amide bonds. The molecular formula is C14H23NO. The summed E-state index contributed by atoms with van der Waals surface area (Å²) in [5.74, 6) is 1.68. The van der Waals surface area contributed by atoms with Crippen molar-refractivity contribution in [3.8, 4) is 0 Å². The van der Waals surface area contributed by atoms with Crippen LogP contribution in [0, 0.1) is 11.8 Å². The van der Waals surface area contributed by atoms with Crippen molar-refractivity contribution in [1.82, 2.24) is 0 Å². The van der Waals surface area contributed by atoms with Crippen LogP contribution in [-0.2, 0) is 6.42 Å². The van der Waals surface area contributed by atoms with E-state index in [4.69, 9.17) is 10.2 Å². The first kappa shape index (κ1) is 11.7. The van der Waals surface area contributed by atoms with E-state index in [2.05, 4.69) is 6.92 Å². The molecule has 0 aliphatic heterocycles. The van der Waals surface area contributed by atoms with E-state index < -0.39 is 0 Å². The molecule has 1 aromatic rings. The van der Waals surface area contributed by atoms with Gasteiger partial charge >= 0.3 is 0 Å². The summed E-state index contributed by atoms with van der Waals surface area (Å²) in [6.07, 6.45) is 11.2. The standard InChI is InChI=1S/C14H23NO/c1-2-11-3-5-13(6-4-11)14(15)9-12-7-8-16-10-12/h7-8,10-11,13-14H,2-6,9,15H2,1H3. The van der Waals surface area contributed by atoms with E-state index >= 15 is 0 Å². The lowest BCUT2D eigenvalue weighted by atomic mass is 9.77. The van der Waals surface area contributed by atoms with E-state index in [1.54, 1.807) is 6.26 Å². The lowest BCUT2D eigenvalue weighted by Gasteiger charge is -2.31. The van der Waals surface area contributed by atoms with Crippen molar-refractivity contribution in [3.05, 3.63) is 24.2 Å². The second-order valence-electron chi connectivity index (χ2n) is 5.19. The van der Waals surface area contributed by atoms with Gasteiger partial charge in [-0.3, -0.25) is 0 Å². The minimum atomic E-state index is 0.315. The largest absolute Gasteiger partial charge is 0.472 e. The van der Waals surface area contributed by atoms with Crippen LogP contribution < -0.4 is 5.73 Å². The molecule has 0 radical (unpaired) electrons. The molecule has 1 saturated carbocycles. The van der Waals surface area contributed by atoms with Crippen LogP contribution in [0.15, 0.2) is 23.0 Å². The molecule has 1 fully saturated rings. The molecule has 1 aromatic heterocycles. The van der Waals surface area contributed by atoms with Crippen LogP contribution in [0.1, 0.15) is 44.6 Å². The summed E-state index contributed by atoms with van der Waals surface area (Å²) >= 11 is 0. The molecule has 1 unspecified atom stereocenters. The fraction of sp³-hybridized carbons (Fsp3) is 0.714. The number of furan rings is 1. The van der Waals surface area contributed by atoms with Crippen LogP contribution in [0.4, 0.5) is 0 Å². The monoisotopic (exact) mass is 221 g/mol. The lowest BCUT2D eigenvalue weighted by Crippen LogP contribution is -2.34. The zero-order valence-electron chi connectivity index (χ0n) is 10.2. The van der Waals surface area contributed by atoms with E-state index in [-0.39, 0.29) is 0 Å². The molecule has 0 aromatic carbocycles. The van der Waals surface area contributed by atoms with Crippen molar-refractivity contribution >= 4 is 0 Å². The molecule has 0 bridgehead atoms. The minimum absolute atomic E-state index is 0.315. The van der Waals surface area contributed by atoms with Crippen LogP contribution in [0.25, 0.3) is 0 Å². The molecular weight excluding hydrogens is 198 g/mol. The smallest absolute Gasteiger partial charge is 0.0935 e. The predicted molar refractivity (Wildman–Crippen MR) is 66.1 cm³/mol. The third-order valence-corrected chi connectivity index (χ3v) is 4.13. The van der Waals surface area contributed by atoms with Gasteiger partial charge in [0.15, 0.2) is 0 Å². The van der Waals surface area contributed by atoms with Gasteiger partial charge < -0.3 is 10.2 Å². The highest BCUT2D eigenvalue weighted by atomic mass is 16.3. The molecule has 1 heterocycles. The van der Waals surface area contributed by atoms with Gasteiger partial charge in [-0.2, -0.15) is 0 Å². The average molecular weight is 221 g/mol. The second-order valence-corrected chi connectivity index (χ2v) is 5.19. The Hall–Kier alpha value is -0.760. The maximum absolute atomic E-state index is 6.28. The SMILES string of the molecule is CCC1CCC(C(N)Cc2ccoc2)CC1. The van der Waals surface area contributed by atoms with Crippen molar-refractivity contribution in [2.24, 2.45) is 17.6 Å². The van der Waals surface area contributed by atoms with Gasteiger partial charge in [0, 0.05) is 6.04 Å². The molecule has 16 heavy (non-hydrogen) atoms. The maximum Gasteiger partial charge on any atom is 0.0935 e. The zero-order chi connectivity index (χ0) is 11.4. The van der Waals surface area contributed by atoms with Crippen molar-refractivity contribution in [2.45, 2.75) is 51.5 Å². The second kappa shape index (κ2) is 5.53. The maximum atomic E-state index is 6.28. The summed E-state index contributed by atoms with van der Waals surface area (Å²) < 4.78 is 5.08. The Labute approximate surface area is 98.2 Å². The highest BCUT2D eigenvalue weighted by Gasteiger charge is 2.24. The summed E-state index contributed by atoms with van der Waals surface area (Å²) in [5.41, 5.74) is 7.53. The topological polar surface area (TPSA) is 39.2 Å². The Kier molecular flexibility index (Phi) is 4.05. The number of hydrogen-bond donors (Lipinski definition) is 1. The van der Waals surface area contributed by atoms with Gasteiger partial charge in [0.2, 0.25) is 0 Å². The molecule has 1 aliphatic rings. The number of rotatable bonds is 4. The Balaban J connectivity index is 1.80. The van der Waals surface area contributed by atoms with Gasteiger partial charge in [-0.05, 0) is 42.7 Å². The highest BCUT2D eigenvalue weighted by Crippen LogP contribution is 2.32. The molecule has 1 atom stereocenters. The van der Waals surface area contributed by atoms with Gasteiger partial charge in [-0.25, -0.2) is 0 Å². The Bertz CT molecular complexity index is 286. The summed E-state index contributed by atoms with van der Waals surface area (Å²) in [7, 11) is 0. The molecule has 0 spiro atoms. The van der Waals surface area contributed by atoms with E-state index in [1.807, 2.05) is 12.3 Å². The first-order chi connectivity index (χ1) is 7.79. The van der Waals surface area contributed by atoms with Crippen molar-refractivity contribution in [1.29, 1.82) is 0 Å². The van der Waals surface area contributed by atoms with Crippen LogP contribution in [-0.4, -0.2) is 6.04 Å². The first-order valence-corrected chi connectivity index (χ1v) is 6.56. The average Bonchev–Trinajstić information content (AvgIpc) is 2.82. The number of nitrogens with two attached hydrogens (primary N) is 1. The van der Waals surface area contributed by atoms with Crippen molar-refractivity contribution in [2.75, 3.05) is 0 Å². The number of hydrogen-bond acceptors (Lipinski definition) is 2. The van der Waals surface area contributed by atoms with Gasteiger partial charge in [-0.15, -0.1) is 0 Å². The van der Waals surface area contributed by atoms with Gasteiger partial charge in [-0.1, -0.05) is 26.2 Å². The third-order valence-electron chi connectivity index (χ3n) is 4.13. The van der Waals surface area contributed by atoms with E-state index in [0.717, 1.165) is 18.3 Å². The lowest BCUT2D eigenvalue weighted by molar-refractivity contribution is 0.238. The molecule has 90 valence electrons. The fourth-order valence-corrected chi connectivity index (χ4v) is 2.87. The molecule has 2 heteroatoms. The van der Waals surface area contributed by atoms with Crippen LogP contribution in [0.5, 0.6) is 0 Å². The van der Waals surface area contributed by atoms with Crippen LogP contribution in [0.2, 0.25) is 0 Å². The Morgan fingerprint density at radius 3 is 2.69 bits per heavy atom. The summed E-state index contributed by atoms with van der Waals surface area (Å²) in [6.45, 7) is 2.30. The highest BCUT2D eigenvalue weighted by molar-refractivity contribution is 5.07.